The molecule has 1 saturated heterocycles. The number of nitrogens with zero attached hydrogens (tertiary/aromatic N) is 1. The Morgan fingerprint density at radius 1 is 1.17 bits per heavy atom. The van der Waals surface area contributed by atoms with E-state index in [0.717, 1.165) is 38.8 Å². The van der Waals surface area contributed by atoms with Gasteiger partial charge in [0, 0.05) is 13.1 Å². The van der Waals surface area contributed by atoms with Crippen LogP contribution in [-0.2, 0) is 9.53 Å². The van der Waals surface area contributed by atoms with Gasteiger partial charge in [-0.25, -0.2) is 4.79 Å². The Kier molecular flexibility index (Phi) is 5.14. The van der Waals surface area contributed by atoms with Crippen molar-refractivity contribution < 1.29 is 23.8 Å². The summed E-state index contributed by atoms with van der Waals surface area (Å²) in [6.07, 6.45) is 3.41. The summed E-state index contributed by atoms with van der Waals surface area (Å²) >= 11 is 6.07. The van der Waals surface area contributed by atoms with Crippen LogP contribution in [0.3, 0.4) is 0 Å². The van der Waals surface area contributed by atoms with Gasteiger partial charge in [-0.3, -0.25) is 4.79 Å². The molecule has 0 bridgehead atoms. The Balaban J connectivity index is 1.65. The van der Waals surface area contributed by atoms with Gasteiger partial charge in [0.1, 0.15) is 0 Å². The maximum absolute atomic E-state index is 12.4. The van der Waals surface area contributed by atoms with E-state index in [1.807, 2.05) is 0 Å². The number of carbonyl (C=O) groups is 2. The molecule has 7 heteroatoms. The third kappa shape index (κ3) is 3.59. The first kappa shape index (κ1) is 16.9. The van der Waals surface area contributed by atoms with Crippen LogP contribution < -0.4 is 9.47 Å². The monoisotopic (exact) mass is 353 g/mol. The van der Waals surface area contributed by atoms with Crippen LogP contribution in [0.4, 0.5) is 0 Å². The first-order valence-electron chi connectivity index (χ1n) is 8.15. The predicted octanol–water partition coefficient (Wildman–Crippen LogP) is 3.02. The molecule has 3 rings (SSSR count). The molecule has 1 aromatic carbocycles. The molecule has 2 aliphatic heterocycles. The third-order valence-electron chi connectivity index (χ3n) is 4.21. The van der Waals surface area contributed by atoms with E-state index in [4.69, 9.17) is 25.8 Å². The van der Waals surface area contributed by atoms with Crippen LogP contribution in [0.5, 0.6) is 11.5 Å². The smallest absolute Gasteiger partial charge is 0.339 e. The second kappa shape index (κ2) is 7.30. The largest absolute Gasteiger partial charge is 0.454 e. The van der Waals surface area contributed by atoms with Crippen molar-refractivity contribution in [3.8, 4) is 11.5 Å². The molecule has 1 aromatic rings. The molecular formula is C17H20ClNO5. The van der Waals surface area contributed by atoms with Crippen molar-refractivity contribution in [3.63, 3.8) is 0 Å². The number of rotatable bonds is 3. The summed E-state index contributed by atoms with van der Waals surface area (Å²) in [6, 6.07) is 2.97. The molecule has 2 heterocycles. The summed E-state index contributed by atoms with van der Waals surface area (Å²) in [7, 11) is 0. The molecule has 1 fully saturated rings. The number of fused-ring (bicyclic) bond motifs is 1. The van der Waals surface area contributed by atoms with Gasteiger partial charge in [0.2, 0.25) is 6.79 Å². The Bertz CT molecular complexity index is 640. The number of carbonyl (C=O) groups excluding carboxylic acids is 2. The Morgan fingerprint density at radius 2 is 1.88 bits per heavy atom. The molecule has 1 atom stereocenters. The van der Waals surface area contributed by atoms with Gasteiger partial charge in [-0.15, -0.1) is 0 Å². The van der Waals surface area contributed by atoms with Crippen LogP contribution in [0.2, 0.25) is 5.02 Å². The fraction of sp³-hybridized carbons (Fsp3) is 0.529. The van der Waals surface area contributed by atoms with Crippen LogP contribution in [-0.4, -0.2) is 42.8 Å². The number of amides is 1. The van der Waals surface area contributed by atoms with E-state index in [1.165, 1.54) is 12.1 Å². The highest BCUT2D eigenvalue weighted by molar-refractivity contribution is 6.32. The van der Waals surface area contributed by atoms with E-state index in [1.54, 1.807) is 11.8 Å². The number of benzene rings is 1. The van der Waals surface area contributed by atoms with E-state index in [0.29, 0.717) is 11.5 Å². The van der Waals surface area contributed by atoms with Crippen LogP contribution in [0.15, 0.2) is 12.1 Å². The Labute approximate surface area is 145 Å². The van der Waals surface area contributed by atoms with Crippen molar-refractivity contribution in [3.05, 3.63) is 22.7 Å². The van der Waals surface area contributed by atoms with Gasteiger partial charge in [0.05, 0.1) is 10.6 Å². The van der Waals surface area contributed by atoms with Crippen LogP contribution in [0.1, 0.15) is 43.0 Å². The molecular weight excluding hydrogens is 334 g/mol. The summed E-state index contributed by atoms with van der Waals surface area (Å²) in [6.45, 7) is 3.10. The number of hydrogen-bond donors (Lipinski definition) is 0. The zero-order valence-corrected chi connectivity index (χ0v) is 14.3. The van der Waals surface area contributed by atoms with Gasteiger partial charge in [0.25, 0.3) is 5.91 Å². The fourth-order valence-corrected chi connectivity index (χ4v) is 3.18. The maximum atomic E-state index is 12.4. The lowest BCUT2D eigenvalue weighted by molar-refractivity contribution is -0.139. The molecule has 1 amide bonds. The highest BCUT2D eigenvalue weighted by atomic mass is 35.5. The maximum Gasteiger partial charge on any atom is 0.339 e. The summed E-state index contributed by atoms with van der Waals surface area (Å²) in [5.74, 6) is 0.0609. The molecule has 0 N–H and O–H groups in total. The van der Waals surface area contributed by atoms with Gasteiger partial charge in [-0.05, 0) is 31.9 Å². The molecule has 0 saturated carbocycles. The minimum Gasteiger partial charge on any atom is -0.454 e. The normalized spacial score (nSPS) is 18.0. The second-order valence-electron chi connectivity index (χ2n) is 5.98. The third-order valence-corrected chi connectivity index (χ3v) is 4.49. The average Bonchev–Trinajstić information content (AvgIpc) is 2.88. The van der Waals surface area contributed by atoms with E-state index in [2.05, 4.69) is 0 Å². The number of likely N-dealkylation sites (tertiary alicyclic amines) is 1. The lowest BCUT2D eigenvalue weighted by Crippen LogP contribution is -2.40. The summed E-state index contributed by atoms with van der Waals surface area (Å²) in [5, 5.41) is 0.281. The topological polar surface area (TPSA) is 65.1 Å². The second-order valence-corrected chi connectivity index (χ2v) is 6.39. The number of halogens is 1. The molecule has 0 aliphatic carbocycles. The molecule has 0 aromatic heterocycles. The molecule has 0 spiro atoms. The van der Waals surface area contributed by atoms with Crippen LogP contribution in [0, 0.1) is 0 Å². The zero-order valence-electron chi connectivity index (χ0n) is 13.5. The van der Waals surface area contributed by atoms with E-state index < -0.39 is 12.1 Å². The van der Waals surface area contributed by atoms with Gasteiger partial charge in [0.15, 0.2) is 17.6 Å². The summed E-state index contributed by atoms with van der Waals surface area (Å²) < 4.78 is 15.8. The standard InChI is InChI=1S/C17H20ClNO5/c1-11(16(20)19-6-4-2-3-5-7-19)24-17(21)12-8-13(18)15-14(9-12)22-10-23-15/h8-9,11H,2-7,10H2,1H3/t11-/m0/s1. The molecule has 0 unspecified atom stereocenters. The number of ether oxygens (including phenoxy) is 3. The van der Waals surface area contributed by atoms with Crippen molar-refractivity contribution in [2.75, 3.05) is 19.9 Å². The molecule has 2 aliphatic rings. The van der Waals surface area contributed by atoms with Gasteiger partial charge < -0.3 is 19.1 Å². The van der Waals surface area contributed by atoms with Crippen molar-refractivity contribution in [2.24, 2.45) is 0 Å². The molecule has 0 radical (unpaired) electrons. The predicted molar refractivity (Wildman–Crippen MR) is 87.5 cm³/mol. The van der Waals surface area contributed by atoms with Crippen molar-refractivity contribution >= 4 is 23.5 Å². The highest BCUT2D eigenvalue weighted by Gasteiger charge is 2.27. The van der Waals surface area contributed by atoms with E-state index in [9.17, 15) is 9.59 Å². The molecule has 24 heavy (non-hydrogen) atoms. The lowest BCUT2D eigenvalue weighted by Gasteiger charge is -2.24. The zero-order chi connectivity index (χ0) is 17.1. The number of hydrogen-bond acceptors (Lipinski definition) is 5. The van der Waals surface area contributed by atoms with Crippen LogP contribution in [0.25, 0.3) is 0 Å². The van der Waals surface area contributed by atoms with E-state index >= 15 is 0 Å². The van der Waals surface area contributed by atoms with Crippen molar-refractivity contribution in [1.29, 1.82) is 0 Å². The van der Waals surface area contributed by atoms with E-state index in [-0.39, 0.29) is 23.3 Å². The average molecular weight is 354 g/mol. The minimum absolute atomic E-state index is 0.0669. The summed E-state index contributed by atoms with van der Waals surface area (Å²) in [4.78, 5) is 26.5. The SMILES string of the molecule is C[C@H](OC(=O)c1cc(Cl)c2c(c1)OCO2)C(=O)N1CCCCCC1. The first-order valence-corrected chi connectivity index (χ1v) is 8.53. The Morgan fingerprint density at radius 3 is 2.58 bits per heavy atom. The summed E-state index contributed by atoms with van der Waals surface area (Å²) in [5.41, 5.74) is 0.236. The molecule has 6 nitrogen and oxygen atoms in total. The van der Waals surface area contributed by atoms with Gasteiger partial charge >= 0.3 is 5.97 Å². The minimum atomic E-state index is -0.834. The Hall–Kier alpha value is -1.95. The molecule has 130 valence electrons. The van der Waals surface area contributed by atoms with Crippen LogP contribution >= 0.6 is 11.6 Å². The fourth-order valence-electron chi connectivity index (χ4n) is 2.91. The first-order chi connectivity index (χ1) is 11.6. The quantitative estimate of drug-likeness (QED) is 0.781. The van der Waals surface area contributed by atoms with Gasteiger partial charge in [-0.1, -0.05) is 24.4 Å². The lowest BCUT2D eigenvalue weighted by atomic mass is 10.2. The van der Waals surface area contributed by atoms with Crippen molar-refractivity contribution in [2.45, 2.75) is 38.7 Å². The van der Waals surface area contributed by atoms with Crippen molar-refractivity contribution in [1.82, 2.24) is 4.90 Å². The van der Waals surface area contributed by atoms with Gasteiger partial charge in [-0.2, -0.15) is 0 Å². The number of esters is 1. The highest BCUT2D eigenvalue weighted by Crippen LogP contribution is 2.39.